The highest BCUT2D eigenvalue weighted by atomic mass is 16.4. The maximum atomic E-state index is 11.1. The summed E-state index contributed by atoms with van der Waals surface area (Å²) in [5.41, 5.74) is 0.274. The fourth-order valence-electron chi connectivity index (χ4n) is 5.88. The van der Waals surface area contributed by atoms with Gasteiger partial charge in [-0.05, 0) is 60.7 Å². The molecule has 4 aliphatic carbocycles. The third kappa shape index (κ3) is 0.724. The Morgan fingerprint density at radius 2 is 2.07 bits per heavy atom. The lowest BCUT2D eigenvalue weighted by Crippen LogP contribution is -2.52. The summed E-state index contributed by atoms with van der Waals surface area (Å²) in [4.78, 5) is 11.1. The van der Waals surface area contributed by atoms with E-state index in [0.29, 0.717) is 5.92 Å². The highest BCUT2D eigenvalue weighted by molar-refractivity contribution is 5.75. The van der Waals surface area contributed by atoms with Crippen LogP contribution in [-0.4, -0.2) is 11.1 Å². The summed E-state index contributed by atoms with van der Waals surface area (Å²) < 4.78 is 0. The van der Waals surface area contributed by atoms with E-state index in [4.69, 9.17) is 5.11 Å². The highest BCUT2D eigenvalue weighted by Crippen LogP contribution is 2.82. The van der Waals surface area contributed by atoms with E-state index in [2.05, 4.69) is 6.92 Å². The van der Waals surface area contributed by atoms with Crippen molar-refractivity contribution in [2.75, 3.05) is 0 Å². The SMILES string of the molecule is CC1C2C3CCC(C3)C2C12CC2C(=O)O. The van der Waals surface area contributed by atoms with Crippen LogP contribution in [-0.2, 0) is 4.79 Å². The third-order valence-corrected chi connectivity index (χ3v) is 6.37. The lowest BCUT2D eigenvalue weighted by Gasteiger charge is -2.55. The molecule has 15 heavy (non-hydrogen) atoms. The number of aliphatic carboxylic acids is 1. The quantitative estimate of drug-likeness (QED) is 0.715. The van der Waals surface area contributed by atoms with Crippen molar-refractivity contribution in [1.82, 2.24) is 0 Å². The number of carboxylic acid groups (broad SMARTS) is 1. The van der Waals surface area contributed by atoms with E-state index in [1.165, 1.54) is 19.3 Å². The zero-order valence-electron chi connectivity index (χ0n) is 9.15. The molecule has 4 saturated carbocycles. The summed E-state index contributed by atoms with van der Waals surface area (Å²) in [6.45, 7) is 2.32. The third-order valence-electron chi connectivity index (χ3n) is 6.37. The highest BCUT2D eigenvalue weighted by Gasteiger charge is 2.79. The molecule has 2 bridgehead atoms. The molecular weight excluding hydrogens is 188 g/mol. The van der Waals surface area contributed by atoms with Gasteiger partial charge in [-0.2, -0.15) is 0 Å². The number of carbonyl (C=O) groups is 1. The summed E-state index contributed by atoms with van der Waals surface area (Å²) in [6.07, 6.45) is 5.25. The molecule has 0 radical (unpaired) electrons. The number of fused-ring (bicyclic) bond motifs is 6. The Kier molecular flexibility index (Phi) is 1.29. The largest absolute Gasteiger partial charge is 0.481 e. The van der Waals surface area contributed by atoms with Crippen LogP contribution >= 0.6 is 0 Å². The Balaban J connectivity index is 1.67. The number of hydrogen-bond acceptors (Lipinski definition) is 1. The molecule has 7 atom stereocenters. The first-order chi connectivity index (χ1) is 7.16. The average molecular weight is 206 g/mol. The molecular formula is C13H18O2. The van der Waals surface area contributed by atoms with E-state index in [0.717, 1.165) is 30.1 Å². The normalized spacial score (nSPS) is 64.1. The smallest absolute Gasteiger partial charge is 0.307 e. The fraction of sp³-hybridized carbons (Fsp3) is 0.923. The second-order valence-electron chi connectivity index (χ2n) is 6.43. The Hall–Kier alpha value is -0.530. The zero-order valence-corrected chi connectivity index (χ0v) is 9.15. The van der Waals surface area contributed by atoms with E-state index < -0.39 is 5.97 Å². The molecule has 0 aromatic rings. The first kappa shape index (κ1) is 8.60. The summed E-state index contributed by atoms with van der Waals surface area (Å²) in [7, 11) is 0. The van der Waals surface area contributed by atoms with Gasteiger partial charge < -0.3 is 5.11 Å². The van der Waals surface area contributed by atoms with E-state index >= 15 is 0 Å². The van der Waals surface area contributed by atoms with Gasteiger partial charge in [0.1, 0.15) is 0 Å². The van der Waals surface area contributed by atoms with Gasteiger partial charge in [0.2, 0.25) is 0 Å². The van der Waals surface area contributed by atoms with Gasteiger partial charge in [0.25, 0.3) is 0 Å². The molecule has 4 rings (SSSR count). The molecule has 1 N–H and O–H groups in total. The standard InChI is InChI=1S/C13H18O2/c1-6-10-7-2-3-8(4-7)11(10)13(6)5-9(13)12(14)15/h6-11H,2-5H2,1H3,(H,14,15). The maximum Gasteiger partial charge on any atom is 0.307 e. The van der Waals surface area contributed by atoms with E-state index in [1.54, 1.807) is 0 Å². The molecule has 0 saturated heterocycles. The Labute approximate surface area is 90.1 Å². The Bertz CT molecular complexity index is 350. The molecule has 4 aliphatic rings. The zero-order chi connectivity index (χ0) is 10.4. The molecule has 0 amide bonds. The van der Waals surface area contributed by atoms with E-state index in [1.807, 2.05) is 0 Å². The summed E-state index contributed by atoms with van der Waals surface area (Å²) in [6, 6.07) is 0. The van der Waals surface area contributed by atoms with Crippen LogP contribution in [0.15, 0.2) is 0 Å². The first-order valence-corrected chi connectivity index (χ1v) is 6.39. The molecule has 4 fully saturated rings. The molecule has 82 valence electrons. The van der Waals surface area contributed by atoms with E-state index in [-0.39, 0.29) is 11.3 Å². The van der Waals surface area contributed by atoms with Crippen LogP contribution in [0.2, 0.25) is 0 Å². The minimum atomic E-state index is -0.525. The van der Waals surface area contributed by atoms with Crippen molar-refractivity contribution in [3.63, 3.8) is 0 Å². The van der Waals surface area contributed by atoms with Crippen LogP contribution in [0.1, 0.15) is 32.6 Å². The van der Waals surface area contributed by atoms with Crippen LogP contribution in [0.4, 0.5) is 0 Å². The monoisotopic (exact) mass is 206 g/mol. The van der Waals surface area contributed by atoms with Crippen LogP contribution < -0.4 is 0 Å². The van der Waals surface area contributed by atoms with Crippen LogP contribution in [0, 0.1) is 40.9 Å². The minimum Gasteiger partial charge on any atom is -0.481 e. The number of rotatable bonds is 1. The predicted molar refractivity (Wildman–Crippen MR) is 55.2 cm³/mol. The van der Waals surface area contributed by atoms with Gasteiger partial charge in [0.05, 0.1) is 5.92 Å². The van der Waals surface area contributed by atoms with Crippen molar-refractivity contribution in [2.45, 2.75) is 32.6 Å². The number of hydrogen-bond donors (Lipinski definition) is 1. The van der Waals surface area contributed by atoms with Crippen molar-refractivity contribution in [3.05, 3.63) is 0 Å². The minimum absolute atomic E-state index is 0.0214. The lowest BCUT2D eigenvalue weighted by molar-refractivity contribution is -0.146. The topological polar surface area (TPSA) is 37.3 Å². The molecule has 0 aromatic heterocycles. The van der Waals surface area contributed by atoms with E-state index in [9.17, 15) is 4.79 Å². The summed E-state index contributed by atoms with van der Waals surface area (Å²) >= 11 is 0. The second-order valence-corrected chi connectivity index (χ2v) is 6.43. The van der Waals surface area contributed by atoms with Crippen LogP contribution in [0.25, 0.3) is 0 Å². The molecule has 2 heteroatoms. The van der Waals surface area contributed by atoms with Crippen molar-refractivity contribution >= 4 is 5.97 Å². The molecule has 1 spiro atoms. The van der Waals surface area contributed by atoms with Crippen molar-refractivity contribution < 1.29 is 9.90 Å². The maximum absolute atomic E-state index is 11.1. The molecule has 0 aromatic carbocycles. The molecule has 2 nitrogen and oxygen atoms in total. The molecule has 0 heterocycles. The van der Waals surface area contributed by atoms with Crippen LogP contribution in [0.5, 0.6) is 0 Å². The molecule has 0 aliphatic heterocycles. The van der Waals surface area contributed by atoms with Gasteiger partial charge in [-0.25, -0.2) is 0 Å². The van der Waals surface area contributed by atoms with Gasteiger partial charge in [-0.1, -0.05) is 6.92 Å². The second kappa shape index (κ2) is 2.26. The van der Waals surface area contributed by atoms with Gasteiger partial charge in [0.15, 0.2) is 0 Å². The Morgan fingerprint density at radius 1 is 1.33 bits per heavy atom. The fourth-order valence-corrected chi connectivity index (χ4v) is 5.88. The predicted octanol–water partition coefficient (Wildman–Crippen LogP) is 2.39. The number of carboxylic acids is 1. The van der Waals surface area contributed by atoms with Crippen molar-refractivity contribution in [2.24, 2.45) is 40.9 Å². The first-order valence-electron chi connectivity index (χ1n) is 6.39. The van der Waals surface area contributed by atoms with Gasteiger partial charge in [-0.15, -0.1) is 0 Å². The summed E-state index contributed by atoms with van der Waals surface area (Å²) in [5, 5.41) is 9.16. The average Bonchev–Trinajstić information content (AvgIpc) is 2.75. The molecule has 7 unspecified atom stereocenters. The van der Waals surface area contributed by atoms with Crippen molar-refractivity contribution in [1.29, 1.82) is 0 Å². The summed E-state index contributed by atoms with van der Waals surface area (Å²) in [5.74, 6) is 3.80. The van der Waals surface area contributed by atoms with Crippen LogP contribution in [0.3, 0.4) is 0 Å². The van der Waals surface area contributed by atoms with Gasteiger partial charge in [-0.3, -0.25) is 4.79 Å². The van der Waals surface area contributed by atoms with Gasteiger partial charge >= 0.3 is 5.97 Å². The van der Waals surface area contributed by atoms with Crippen molar-refractivity contribution in [3.8, 4) is 0 Å². The lowest BCUT2D eigenvalue weighted by atomic mass is 9.49. The van der Waals surface area contributed by atoms with Gasteiger partial charge in [0, 0.05) is 0 Å². The Morgan fingerprint density at radius 3 is 2.73 bits per heavy atom.